The molecule has 0 aliphatic heterocycles. The molecule has 4 heteroatoms. The average molecular weight is 287 g/mol. The number of aromatic nitrogens is 2. The van der Waals surface area contributed by atoms with Gasteiger partial charge < -0.3 is 0 Å². The predicted octanol–water partition coefficient (Wildman–Crippen LogP) is 3.61. The molecule has 3 rings (SSSR count). The highest BCUT2D eigenvalue weighted by Gasteiger charge is 2.18. The summed E-state index contributed by atoms with van der Waals surface area (Å²) in [6.07, 6.45) is 6.89. The van der Waals surface area contributed by atoms with Gasteiger partial charge in [-0.3, -0.25) is 9.88 Å². The number of aryl methyl sites for hydroxylation is 2. The molecule has 0 saturated heterocycles. The molecular formula is C16H21N3S. The standard InChI is InChI=1S/C16H21N3S/c1-12(13-7-5-6-10-17-13)19(2)11-16-18-14-8-3-4-9-15(14)20-16/h5-7,10,12H,3-4,8-9,11H2,1-2H3/t12-/m0/s1. The van der Waals surface area contributed by atoms with Gasteiger partial charge in [0.1, 0.15) is 5.01 Å². The fourth-order valence-electron chi connectivity index (χ4n) is 2.67. The Bertz CT molecular complexity index is 541. The van der Waals surface area contributed by atoms with Gasteiger partial charge in [0.2, 0.25) is 0 Å². The summed E-state index contributed by atoms with van der Waals surface area (Å²) >= 11 is 1.90. The summed E-state index contributed by atoms with van der Waals surface area (Å²) in [6, 6.07) is 6.42. The molecule has 0 amide bonds. The molecule has 0 aromatic carbocycles. The fourth-order valence-corrected chi connectivity index (χ4v) is 3.89. The van der Waals surface area contributed by atoms with Crippen LogP contribution in [-0.2, 0) is 19.4 Å². The Hall–Kier alpha value is -1.26. The first-order valence-corrected chi connectivity index (χ1v) is 8.14. The molecule has 0 radical (unpaired) electrons. The van der Waals surface area contributed by atoms with Gasteiger partial charge >= 0.3 is 0 Å². The molecule has 2 aromatic heterocycles. The SMILES string of the molecule is C[C@@H](c1ccccn1)N(C)Cc1nc2c(s1)CCCC2. The molecule has 1 atom stereocenters. The highest BCUT2D eigenvalue weighted by atomic mass is 32.1. The molecule has 0 saturated carbocycles. The zero-order chi connectivity index (χ0) is 13.9. The number of pyridine rings is 1. The maximum atomic E-state index is 4.82. The van der Waals surface area contributed by atoms with Crippen LogP contribution in [-0.4, -0.2) is 21.9 Å². The molecule has 0 bridgehead atoms. The smallest absolute Gasteiger partial charge is 0.107 e. The van der Waals surface area contributed by atoms with Crippen molar-refractivity contribution in [2.45, 2.75) is 45.2 Å². The number of fused-ring (bicyclic) bond motifs is 1. The van der Waals surface area contributed by atoms with Crippen molar-refractivity contribution >= 4 is 11.3 Å². The third-order valence-electron chi connectivity index (χ3n) is 4.05. The number of rotatable bonds is 4. The maximum absolute atomic E-state index is 4.82. The first-order chi connectivity index (χ1) is 9.74. The first-order valence-electron chi connectivity index (χ1n) is 7.32. The van der Waals surface area contributed by atoms with E-state index in [1.165, 1.54) is 41.3 Å². The molecule has 106 valence electrons. The minimum atomic E-state index is 0.317. The second-order valence-electron chi connectivity index (χ2n) is 5.53. The Morgan fingerprint density at radius 1 is 1.30 bits per heavy atom. The van der Waals surface area contributed by atoms with Crippen molar-refractivity contribution in [2.75, 3.05) is 7.05 Å². The van der Waals surface area contributed by atoms with E-state index >= 15 is 0 Å². The van der Waals surface area contributed by atoms with Crippen molar-refractivity contribution < 1.29 is 0 Å². The van der Waals surface area contributed by atoms with E-state index < -0.39 is 0 Å². The van der Waals surface area contributed by atoms with Gasteiger partial charge in [0.05, 0.1) is 17.9 Å². The zero-order valence-electron chi connectivity index (χ0n) is 12.2. The van der Waals surface area contributed by atoms with E-state index in [1.807, 2.05) is 23.6 Å². The van der Waals surface area contributed by atoms with E-state index in [4.69, 9.17) is 4.98 Å². The monoisotopic (exact) mass is 287 g/mol. The van der Waals surface area contributed by atoms with E-state index in [0.29, 0.717) is 6.04 Å². The topological polar surface area (TPSA) is 29.0 Å². The molecular weight excluding hydrogens is 266 g/mol. The quantitative estimate of drug-likeness (QED) is 0.860. The van der Waals surface area contributed by atoms with Gasteiger partial charge in [-0.05, 0) is 51.8 Å². The van der Waals surface area contributed by atoms with Gasteiger partial charge in [-0.1, -0.05) is 6.07 Å². The van der Waals surface area contributed by atoms with Crippen LogP contribution in [0.1, 0.15) is 47.1 Å². The highest BCUT2D eigenvalue weighted by molar-refractivity contribution is 7.11. The molecule has 0 unspecified atom stereocenters. The van der Waals surface area contributed by atoms with Crippen molar-refractivity contribution in [1.82, 2.24) is 14.9 Å². The third kappa shape index (κ3) is 2.91. The molecule has 20 heavy (non-hydrogen) atoms. The number of hydrogen-bond acceptors (Lipinski definition) is 4. The second kappa shape index (κ2) is 6.02. The van der Waals surface area contributed by atoms with Crippen LogP contribution >= 0.6 is 11.3 Å². The van der Waals surface area contributed by atoms with Gasteiger partial charge in [0.15, 0.2) is 0 Å². The lowest BCUT2D eigenvalue weighted by atomic mass is 10.0. The van der Waals surface area contributed by atoms with Gasteiger partial charge in [-0.25, -0.2) is 4.98 Å². The lowest BCUT2D eigenvalue weighted by molar-refractivity contribution is 0.248. The summed E-state index contributed by atoms with van der Waals surface area (Å²) in [5.41, 5.74) is 2.48. The molecule has 2 aromatic rings. The molecule has 1 aliphatic rings. The van der Waals surface area contributed by atoms with Gasteiger partial charge in [-0.15, -0.1) is 11.3 Å². The Labute approximate surface area is 124 Å². The van der Waals surface area contributed by atoms with Crippen LogP contribution in [0.2, 0.25) is 0 Å². The predicted molar refractivity (Wildman–Crippen MR) is 82.9 cm³/mol. The number of thiazole rings is 1. The normalized spacial score (nSPS) is 16.1. The van der Waals surface area contributed by atoms with E-state index in [-0.39, 0.29) is 0 Å². The van der Waals surface area contributed by atoms with Crippen LogP contribution in [0.25, 0.3) is 0 Å². The molecule has 2 heterocycles. The van der Waals surface area contributed by atoms with Gasteiger partial charge in [0, 0.05) is 17.1 Å². The van der Waals surface area contributed by atoms with Crippen LogP contribution in [0, 0.1) is 0 Å². The summed E-state index contributed by atoms with van der Waals surface area (Å²) in [7, 11) is 2.15. The Morgan fingerprint density at radius 3 is 2.90 bits per heavy atom. The minimum Gasteiger partial charge on any atom is -0.291 e. The Kier molecular flexibility index (Phi) is 4.13. The zero-order valence-corrected chi connectivity index (χ0v) is 13.0. The highest BCUT2D eigenvalue weighted by Crippen LogP contribution is 2.28. The van der Waals surface area contributed by atoms with Gasteiger partial charge in [-0.2, -0.15) is 0 Å². The van der Waals surface area contributed by atoms with Crippen LogP contribution in [0.5, 0.6) is 0 Å². The molecule has 0 fully saturated rings. The van der Waals surface area contributed by atoms with Crippen LogP contribution in [0.3, 0.4) is 0 Å². The number of nitrogens with zero attached hydrogens (tertiary/aromatic N) is 3. The molecule has 0 spiro atoms. The van der Waals surface area contributed by atoms with Crippen molar-refractivity contribution in [2.24, 2.45) is 0 Å². The maximum Gasteiger partial charge on any atom is 0.107 e. The summed E-state index contributed by atoms with van der Waals surface area (Å²) in [5, 5.41) is 1.25. The van der Waals surface area contributed by atoms with Gasteiger partial charge in [0.25, 0.3) is 0 Å². The summed E-state index contributed by atoms with van der Waals surface area (Å²) in [5.74, 6) is 0. The van der Waals surface area contributed by atoms with E-state index in [0.717, 1.165) is 12.2 Å². The second-order valence-corrected chi connectivity index (χ2v) is 6.70. The van der Waals surface area contributed by atoms with Crippen molar-refractivity contribution in [3.63, 3.8) is 0 Å². The Balaban J connectivity index is 1.69. The van der Waals surface area contributed by atoms with Crippen molar-refractivity contribution in [3.05, 3.63) is 45.7 Å². The average Bonchev–Trinajstić information content (AvgIpc) is 2.89. The van der Waals surface area contributed by atoms with E-state index in [1.54, 1.807) is 0 Å². The van der Waals surface area contributed by atoms with Crippen LogP contribution in [0.15, 0.2) is 24.4 Å². The summed E-state index contributed by atoms with van der Waals surface area (Å²) in [4.78, 5) is 13.1. The van der Waals surface area contributed by atoms with Crippen molar-refractivity contribution in [3.8, 4) is 0 Å². The third-order valence-corrected chi connectivity index (χ3v) is 5.19. The first kappa shape index (κ1) is 13.7. The van der Waals surface area contributed by atoms with E-state index in [2.05, 4.69) is 36.0 Å². The van der Waals surface area contributed by atoms with Crippen LogP contribution < -0.4 is 0 Å². The van der Waals surface area contributed by atoms with Crippen molar-refractivity contribution in [1.29, 1.82) is 0 Å². The summed E-state index contributed by atoms with van der Waals surface area (Å²) < 4.78 is 0. The van der Waals surface area contributed by atoms with E-state index in [9.17, 15) is 0 Å². The lowest BCUT2D eigenvalue weighted by Crippen LogP contribution is -2.22. The largest absolute Gasteiger partial charge is 0.291 e. The number of hydrogen-bond donors (Lipinski definition) is 0. The lowest BCUT2D eigenvalue weighted by Gasteiger charge is -2.23. The fraction of sp³-hybridized carbons (Fsp3) is 0.500. The van der Waals surface area contributed by atoms with Crippen LogP contribution in [0.4, 0.5) is 0 Å². The minimum absolute atomic E-state index is 0.317. The summed E-state index contributed by atoms with van der Waals surface area (Å²) in [6.45, 7) is 3.12. The molecule has 3 nitrogen and oxygen atoms in total. The Morgan fingerprint density at radius 2 is 2.15 bits per heavy atom. The molecule has 0 N–H and O–H groups in total. The molecule has 1 aliphatic carbocycles.